The summed E-state index contributed by atoms with van der Waals surface area (Å²) >= 11 is 0. The van der Waals surface area contributed by atoms with Crippen molar-refractivity contribution in [1.29, 1.82) is 0 Å². The fraction of sp³-hybridized carbons (Fsp3) is 0.889. The number of likely N-dealkylation sites (tertiary alicyclic amines) is 1. The number of nitrogens with one attached hydrogen (secondary N) is 2. The number of nitrogens with zero attached hydrogens (tertiary/aromatic N) is 2. The zero-order chi connectivity index (χ0) is 16.9. The number of carbonyl (C=O) groups is 2. The van der Waals surface area contributed by atoms with Gasteiger partial charge in [-0.1, -0.05) is 12.8 Å². The Hall–Kier alpha value is -1.30. The van der Waals surface area contributed by atoms with Crippen LogP contribution in [0.3, 0.4) is 0 Å². The molecule has 2 bridgehead atoms. The van der Waals surface area contributed by atoms with E-state index in [4.69, 9.17) is 0 Å². The van der Waals surface area contributed by atoms with Crippen LogP contribution in [0.5, 0.6) is 0 Å². The Balaban J connectivity index is 1.31. The molecule has 0 aromatic carbocycles. The maximum absolute atomic E-state index is 12.3. The summed E-state index contributed by atoms with van der Waals surface area (Å²) in [6.07, 6.45) is 9.09. The van der Waals surface area contributed by atoms with E-state index in [-0.39, 0.29) is 11.9 Å². The molecule has 2 saturated heterocycles. The Morgan fingerprint density at radius 1 is 0.958 bits per heavy atom. The van der Waals surface area contributed by atoms with Gasteiger partial charge in [0, 0.05) is 44.7 Å². The molecule has 0 unspecified atom stereocenters. The third-order valence-electron chi connectivity index (χ3n) is 6.11. The molecule has 0 aromatic heterocycles. The minimum absolute atomic E-state index is 0.0148. The van der Waals surface area contributed by atoms with Crippen molar-refractivity contribution in [1.82, 2.24) is 20.4 Å². The summed E-state index contributed by atoms with van der Waals surface area (Å²) in [5, 5.41) is 5.89. The Morgan fingerprint density at radius 2 is 1.67 bits per heavy atom. The van der Waals surface area contributed by atoms with E-state index < -0.39 is 0 Å². The van der Waals surface area contributed by atoms with Crippen LogP contribution in [0, 0.1) is 5.92 Å². The molecule has 0 spiro atoms. The SMILES string of the molecule is CN1[C@H]2CC[C@H]1CN(C(=O)NCCNC(=O)CC1CCCC1)CC2. The number of amides is 3. The second kappa shape index (κ2) is 8.19. The predicted molar refractivity (Wildman–Crippen MR) is 93.7 cm³/mol. The number of carbonyl (C=O) groups excluding carboxylic acids is 2. The highest BCUT2D eigenvalue weighted by atomic mass is 16.2. The van der Waals surface area contributed by atoms with Crippen molar-refractivity contribution < 1.29 is 9.59 Å². The molecule has 1 saturated carbocycles. The van der Waals surface area contributed by atoms with Crippen molar-refractivity contribution in [3.05, 3.63) is 0 Å². The smallest absolute Gasteiger partial charge is 0.317 e. The summed E-state index contributed by atoms with van der Waals surface area (Å²) in [7, 11) is 2.18. The van der Waals surface area contributed by atoms with Gasteiger partial charge in [-0.25, -0.2) is 4.79 Å². The van der Waals surface area contributed by atoms with Crippen molar-refractivity contribution in [2.24, 2.45) is 5.92 Å². The van der Waals surface area contributed by atoms with Gasteiger partial charge in [-0.3, -0.25) is 9.69 Å². The standard InChI is InChI=1S/C18H32N4O2/c1-21-15-6-7-16(21)13-22(11-8-15)18(24)20-10-9-19-17(23)12-14-4-2-3-5-14/h14-16H,2-13H2,1H3,(H,19,23)(H,20,24)/t15-,16-/m0/s1. The van der Waals surface area contributed by atoms with Crippen LogP contribution in [-0.2, 0) is 4.79 Å². The minimum atomic E-state index is 0.0148. The summed E-state index contributed by atoms with van der Waals surface area (Å²) in [5.41, 5.74) is 0. The van der Waals surface area contributed by atoms with Gasteiger partial charge in [0.15, 0.2) is 0 Å². The lowest BCUT2D eigenvalue weighted by molar-refractivity contribution is -0.121. The molecule has 0 radical (unpaired) electrons. The molecule has 2 atom stereocenters. The fourth-order valence-electron chi connectivity index (χ4n) is 4.53. The average Bonchev–Trinajstić information content (AvgIpc) is 3.12. The quantitative estimate of drug-likeness (QED) is 0.749. The number of rotatable bonds is 5. The zero-order valence-electron chi connectivity index (χ0n) is 14.9. The number of likely N-dealkylation sites (N-methyl/N-ethyl adjacent to an activating group) is 1. The molecule has 3 rings (SSSR count). The van der Waals surface area contributed by atoms with Gasteiger partial charge in [-0.2, -0.15) is 0 Å². The molecule has 2 aliphatic heterocycles. The van der Waals surface area contributed by atoms with E-state index in [0.29, 0.717) is 37.5 Å². The monoisotopic (exact) mass is 336 g/mol. The van der Waals surface area contributed by atoms with Crippen LogP contribution in [0.1, 0.15) is 51.4 Å². The molecule has 3 aliphatic rings. The largest absolute Gasteiger partial charge is 0.354 e. The molecule has 3 amide bonds. The molecule has 136 valence electrons. The van der Waals surface area contributed by atoms with Crippen LogP contribution in [0.25, 0.3) is 0 Å². The minimum Gasteiger partial charge on any atom is -0.354 e. The van der Waals surface area contributed by atoms with Gasteiger partial charge in [0.1, 0.15) is 0 Å². The van der Waals surface area contributed by atoms with Gasteiger partial charge in [0.2, 0.25) is 5.91 Å². The molecule has 6 heteroatoms. The Bertz CT molecular complexity index is 450. The molecule has 6 nitrogen and oxygen atoms in total. The lowest BCUT2D eigenvalue weighted by Gasteiger charge is -2.26. The molecule has 3 fully saturated rings. The zero-order valence-corrected chi connectivity index (χ0v) is 14.9. The molecular formula is C18H32N4O2. The first-order valence-electron chi connectivity index (χ1n) is 9.65. The van der Waals surface area contributed by atoms with Gasteiger partial charge in [-0.05, 0) is 45.1 Å². The lowest BCUT2D eigenvalue weighted by atomic mass is 10.0. The maximum Gasteiger partial charge on any atom is 0.317 e. The van der Waals surface area contributed by atoms with Crippen LogP contribution in [0.4, 0.5) is 4.79 Å². The highest BCUT2D eigenvalue weighted by molar-refractivity contribution is 5.76. The van der Waals surface area contributed by atoms with Crippen LogP contribution in [-0.4, -0.2) is 67.0 Å². The van der Waals surface area contributed by atoms with Gasteiger partial charge in [-0.15, -0.1) is 0 Å². The van der Waals surface area contributed by atoms with Gasteiger partial charge in [0.25, 0.3) is 0 Å². The normalized spacial score (nSPS) is 28.0. The van der Waals surface area contributed by atoms with Crippen LogP contribution in [0.2, 0.25) is 0 Å². The molecular weight excluding hydrogens is 304 g/mol. The van der Waals surface area contributed by atoms with Crippen molar-refractivity contribution in [2.45, 2.75) is 63.5 Å². The topological polar surface area (TPSA) is 64.7 Å². The fourth-order valence-corrected chi connectivity index (χ4v) is 4.53. The highest BCUT2D eigenvalue weighted by Gasteiger charge is 2.35. The molecule has 0 aromatic rings. The van der Waals surface area contributed by atoms with Gasteiger partial charge < -0.3 is 15.5 Å². The summed E-state index contributed by atoms with van der Waals surface area (Å²) < 4.78 is 0. The molecule has 2 heterocycles. The third-order valence-corrected chi connectivity index (χ3v) is 6.11. The van der Waals surface area contributed by atoms with E-state index in [1.54, 1.807) is 0 Å². The molecule has 24 heavy (non-hydrogen) atoms. The summed E-state index contributed by atoms with van der Waals surface area (Å²) in [5.74, 6) is 0.703. The average molecular weight is 336 g/mol. The van der Waals surface area contributed by atoms with E-state index in [0.717, 1.165) is 19.5 Å². The number of hydrogen-bond donors (Lipinski definition) is 2. The third kappa shape index (κ3) is 4.41. The van der Waals surface area contributed by atoms with Crippen molar-refractivity contribution in [2.75, 3.05) is 33.2 Å². The van der Waals surface area contributed by atoms with E-state index in [2.05, 4.69) is 22.6 Å². The number of urea groups is 1. The lowest BCUT2D eigenvalue weighted by Crippen LogP contribution is -2.46. The molecule has 1 aliphatic carbocycles. The molecule has 2 N–H and O–H groups in total. The van der Waals surface area contributed by atoms with E-state index in [1.165, 1.54) is 38.5 Å². The van der Waals surface area contributed by atoms with Gasteiger partial charge >= 0.3 is 6.03 Å². The Labute approximate surface area is 145 Å². The van der Waals surface area contributed by atoms with Crippen molar-refractivity contribution in [3.8, 4) is 0 Å². The maximum atomic E-state index is 12.3. The summed E-state index contributed by atoms with van der Waals surface area (Å²) in [6, 6.07) is 1.16. The van der Waals surface area contributed by atoms with Crippen LogP contribution in [0.15, 0.2) is 0 Å². The van der Waals surface area contributed by atoms with Crippen LogP contribution >= 0.6 is 0 Å². The van der Waals surface area contributed by atoms with Crippen LogP contribution < -0.4 is 10.6 Å². The van der Waals surface area contributed by atoms with E-state index in [1.807, 2.05) is 4.90 Å². The highest BCUT2D eigenvalue weighted by Crippen LogP contribution is 2.28. The Kier molecular flexibility index (Phi) is 5.98. The number of hydrogen-bond acceptors (Lipinski definition) is 3. The first-order chi connectivity index (χ1) is 11.6. The van der Waals surface area contributed by atoms with Crippen molar-refractivity contribution in [3.63, 3.8) is 0 Å². The first kappa shape index (κ1) is 17.5. The first-order valence-corrected chi connectivity index (χ1v) is 9.65. The summed E-state index contributed by atoms with van der Waals surface area (Å²) in [4.78, 5) is 28.6. The van der Waals surface area contributed by atoms with E-state index >= 15 is 0 Å². The second-order valence-corrected chi connectivity index (χ2v) is 7.72. The predicted octanol–water partition coefficient (Wildman–Crippen LogP) is 1.56. The second-order valence-electron chi connectivity index (χ2n) is 7.72. The summed E-state index contributed by atoms with van der Waals surface area (Å²) in [6.45, 7) is 2.70. The van der Waals surface area contributed by atoms with Crippen molar-refractivity contribution >= 4 is 11.9 Å². The van der Waals surface area contributed by atoms with E-state index in [9.17, 15) is 9.59 Å². The Morgan fingerprint density at radius 3 is 2.46 bits per heavy atom. The van der Waals surface area contributed by atoms with Gasteiger partial charge in [0.05, 0.1) is 0 Å². The number of fused-ring (bicyclic) bond motifs is 2.